The number of carbonyl (C=O) groups excluding carboxylic acids is 1. The third kappa shape index (κ3) is 5.05. The van der Waals surface area contributed by atoms with Crippen LogP contribution in [0.3, 0.4) is 0 Å². The summed E-state index contributed by atoms with van der Waals surface area (Å²) < 4.78 is 32.4. The number of morpholine rings is 1. The van der Waals surface area contributed by atoms with Gasteiger partial charge in [0, 0.05) is 51.1 Å². The minimum absolute atomic E-state index is 0.110. The summed E-state index contributed by atoms with van der Waals surface area (Å²) in [5, 5.41) is 9.32. The third-order valence-corrected chi connectivity index (χ3v) is 5.75. The van der Waals surface area contributed by atoms with E-state index in [1.54, 1.807) is 4.90 Å². The molecule has 1 saturated heterocycles. The number of aryl methyl sites for hydroxylation is 1. The summed E-state index contributed by atoms with van der Waals surface area (Å²) in [6.07, 6.45) is 1.43. The molecule has 6 nitrogen and oxygen atoms in total. The molecule has 1 heterocycles. The van der Waals surface area contributed by atoms with E-state index < -0.39 is 17.7 Å². The summed E-state index contributed by atoms with van der Waals surface area (Å²) in [5.74, 6) is -2.01. The van der Waals surface area contributed by atoms with Crippen molar-refractivity contribution in [1.29, 1.82) is 0 Å². The van der Waals surface area contributed by atoms with Gasteiger partial charge in [-0.15, -0.1) is 0 Å². The van der Waals surface area contributed by atoms with Gasteiger partial charge >= 0.3 is 0 Å². The molecule has 1 aliphatic heterocycles. The fraction of sp³-hybridized carbons (Fsp3) is 0.650. The number of nitrogens with zero attached hydrogens (tertiary/aromatic N) is 2. The Morgan fingerprint density at radius 1 is 1.29 bits per heavy atom. The number of halogens is 2. The van der Waals surface area contributed by atoms with Crippen LogP contribution in [-0.2, 0) is 16.0 Å². The SMILES string of the molecule is NC(CC(=O)N(CCO)CCN1CCOCC1)C1CCc2cc(F)c(F)cc21. The molecule has 2 atom stereocenters. The number of hydrogen-bond acceptors (Lipinski definition) is 5. The van der Waals surface area contributed by atoms with Crippen molar-refractivity contribution in [3.63, 3.8) is 0 Å². The van der Waals surface area contributed by atoms with Gasteiger partial charge in [-0.25, -0.2) is 8.78 Å². The summed E-state index contributed by atoms with van der Waals surface area (Å²) in [6.45, 7) is 4.45. The second-order valence-corrected chi connectivity index (χ2v) is 7.54. The van der Waals surface area contributed by atoms with E-state index in [-0.39, 0.29) is 31.4 Å². The van der Waals surface area contributed by atoms with Gasteiger partial charge in [0.1, 0.15) is 0 Å². The smallest absolute Gasteiger partial charge is 0.224 e. The van der Waals surface area contributed by atoms with Crippen LogP contribution < -0.4 is 5.73 Å². The second kappa shape index (κ2) is 9.73. The average molecular weight is 397 g/mol. The fourth-order valence-electron chi connectivity index (χ4n) is 4.12. The van der Waals surface area contributed by atoms with Gasteiger partial charge in [0.15, 0.2) is 11.6 Å². The van der Waals surface area contributed by atoms with Crippen molar-refractivity contribution in [3.8, 4) is 0 Å². The fourth-order valence-corrected chi connectivity index (χ4v) is 4.12. The standard InChI is InChI=1S/C20H29F2N3O3/c21-17-11-14-1-2-15(16(14)12-18(17)22)19(23)13-20(27)25(5-8-26)4-3-24-6-9-28-10-7-24/h11-12,15,19,26H,1-10,13,23H2. The number of hydrogen-bond donors (Lipinski definition) is 2. The lowest BCUT2D eigenvalue weighted by Crippen LogP contribution is -2.45. The molecule has 2 unspecified atom stereocenters. The molecule has 3 N–H and O–H groups in total. The first-order chi connectivity index (χ1) is 13.5. The maximum Gasteiger partial charge on any atom is 0.224 e. The van der Waals surface area contributed by atoms with Crippen molar-refractivity contribution in [2.24, 2.45) is 5.73 Å². The van der Waals surface area contributed by atoms with Crippen LogP contribution in [0.15, 0.2) is 12.1 Å². The summed E-state index contributed by atoms with van der Waals surface area (Å²) in [4.78, 5) is 16.6. The van der Waals surface area contributed by atoms with E-state index in [2.05, 4.69) is 4.90 Å². The predicted molar refractivity (Wildman–Crippen MR) is 101 cm³/mol. The molecule has 156 valence electrons. The number of aliphatic hydroxyl groups is 1. The van der Waals surface area contributed by atoms with E-state index in [1.807, 2.05) is 0 Å². The number of fused-ring (bicyclic) bond motifs is 1. The molecule has 1 aromatic carbocycles. The Kier molecular flexibility index (Phi) is 7.34. The maximum atomic E-state index is 13.6. The first-order valence-corrected chi connectivity index (χ1v) is 9.91. The van der Waals surface area contributed by atoms with E-state index in [4.69, 9.17) is 10.5 Å². The number of carbonyl (C=O) groups is 1. The van der Waals surface area contributed by atoms with E-state index in [1.165, 1.54) is 12.1 Å². The Balaban J connectivity index is 1.58. The van der Waals surface area contributed by atoms with Crippen LogP contribution in [0.1, 0.15) is 29.9 Å². The zero-order valence-corrected chi connectivity index (χ0v) is 16.1. The monoisotopic (exact) mass is 397 g/mol. The number of amides is 1. The van der Waals surface area contributed by atoms with Crippen LogP contribution in [-0.4, -0.2) is 79.4 Å². The Hall–Kier alpha value is -1.61. The minimum Gasteiger partial charge on any atom is -0.395 e. The Morgan fingerprint density at radius 3 is 2.71 bits per heavy atom. The van der Waals surface area contributed by atoms with Crippen molar-refractivity contribution >= 4 is 5.91 Å². The van der Waals surface area contributed by atoms with E-state index in [0.29, 0.717) is 38.2 Å². The van der Waals surface area contributed by atoms with Crippen molar-refractivity contribution in [2.45, 2.75) is 31.2 Å². The van der Waals surface area contributed by atoms with Crippen LogP contribution in [0, 0.1) is 11.6 Å². The molecule has 3 rings (SSSR count). The molecule has 28 heavy (non-hydrogen) atoms. The molecule has 0 aromatic heterocycles. The minimum atomic E-state index is -0.878. The van der Waals surface area contributed by atoms with Gasteiger partial charge in [-0.05, 0) is 36.1 Å². The van der Waals surface area contributed by atoms with Crippen molar-refractivity contribution < 1.29 is 23.4 Å². The summed E-state index contributed by atoms with van der Waals surface area (Å²) in [5.41, 5.74) is 7.78. The number of rotatable bonds is 8. The highest BCUT2D eigenvalue weighted by atomic mass is 19.2. The van der Waals surface area contributed by atoms with Crippen LogP contribution in [0.25, 0.3) is 0 Å². The second-order valence-electron chi connectivity index (χ2n) is 7.54. The van der Waals surface area contributed by atoms with Crippen LogP contribution in [0.4, 0.5) is 8.78 Å². The van der Waals surface area contributed by atoms with Crippen molar-refractivity contribution in [1.82, 2.24) is 9.80 Å². The molecule has 8 heteroatoms. The van der Waals surface area contributed by atoms with Crippen LogP contribution in [0.2, 0.25) is 0 Å². The zero-order chi connectivity index (χ0) is 20.1. The Morgan fingerprint density at radius 2 is 2.00 bits per heavy atom. The van der Waals surface area contributed by atoms with Gasteiger partial charge in [0.05, 0.1) is 19.8 Å². The lowest BCUT2D eigenvalue weighted by atomic mass is 9.91. The molecule has 2 aliphatic rings. The van der Waals surface area contributed by atoms with Crippen molar-refractivity contribution in [3.05, 3.63) is 34.9 Å². The van der Waals surface area contributed by atoms with Gasteiger partial charge in [0.25, 0.3) is 0 Å². The average Bonchev–Trinajstić information content (AvgIpc) is 3.08. The lowest BCUT2D eigenvalue weighted by molar-refractivity contribution is -0.132. The molecule has 1 fully saturated rings. The van der Waals surface area contributed by atoms with Crippen LogP contribution >= 0.6 is 0 Å². The van der Waals surface area contributed by atoms with Crippen LogP contribution in [0.5, 0.6) is 0 Å². The van der Waals surface area contributed by atoms with Gasteiger partial charge in [-0.1, -0.05) is 0 Å². The molecule has 0 bridgehead atoms. The topological polar surface area (TPSA) is 79.0 Å². The highest BCUT2D eigenvalue weighted by Crippen LogP contribution is 2.37. The molecule has 1 aromatic rings. The quantitative estimate of drug-likeness (QED) is 0.681. The Labute approximate surface area is 164 Å². The molecular weight excluding hydrogens is 368 g/mol. The highest BCUT2D eigenvalue weighted by molar-refractivity contribution is 5.77. The predicted octanol–water partition coefficient (Wildman–Crippen LogP) is 0.865. The summed E-state index contributed by atoms with van der Waals surface area (Å²) in [6, 6.07) is 1.99. The molecule has 0 spiro atoms. The zero-order valence-electron chi connectivity index (χ0n) is 16.1. The van der Waals surface area contributed by atoms with Crippen molar-refractivity contribution in [2.75, 3.05) is 52.5 Å². The third-order valence-electron chi connectivity index (χ3n) is 5.75. The molecule has 0 radical (unpaired) electrons. The Bertz CT molecular complexity index is 683. The number of benzene rings is 1. The number of ether oxygens (including phenoxy) is 1. The highest BCUT2D eigenvalue weighted by Gasteiger charge is 2.31. The molecule has 1 amide bonds. The molecule has 0 saturated carbocycles. The molecular formula is C20H29F2N3O3. The van der Waals surface area contributed by atoms with E-state index >= 15 is 0 Å². The number of aliphatic hydroxyl groups excluding tert-OH is 1. The number of nitrogens with two attached hydrogens (primary N) is 1. The molecule has 1 aliphatic carbocycles. The normalized spacial score (nSPS) is 20.8. The first-order valence-electron chi connectivity index (χ1n) is 9.91. The maximum absolute atomic E-state index is 13.6. The largest absolute Gasteiger partial charge is 0.395 e. The first kappa shape index (κ1) is 21.1. The lowest BCUT2D eigenvalue weighted by Gasteiger charge is -2.31. The van der Waals surface area contributed by atoms with Gasteiger partial charge < -0.3 is 20.5 Å². The van der Waals surface area contributed by atoms with E-state index in [0.717, 1.165) is 25.2 Å². The van der Waals surface area contributed by atoms with Gasteiger partial charge in [-0.3, -0.25) is 9.69 Å². The van der Waals surface area contributed by atoms with Gasteiger partial charge in [-0.2, -0.15) is 0 Å². The van der Waals surface area contributed by atoms with Gasteiger partial charge in [0.2, 0.25) is 5.91 Å². The summed E-state index contributed by atoms with van der Waals surface area (Å²) in [7, 11) is 0. The van der Waals surface area contributed by atoms with E-state index in [9.17, 15) is 18.7 Å². The summed E-state index contributed by atoms with van der Waals surface area (Å²) >= 11 is 0.